The maximum atomic E-state index is 13.3. The zero-order valence-corrected chi connectivity index (χ0v) is 47.1. The zero-order chi connectivity index (χ0) is 57.4. The number of hydroxylamine groups is 2. The molecule has 76 heavy (non-hydrogen) atoms. The van der Waals surface area contributed by atoms with Crippen molar-refractivity contribution in [2.24, 2.45) is 43.8 Å². The number of nitrogens with zero attached hydrogens (tertiary/aromatic N) is 7. The van der Waals surface area contributed by atoms with Crippen LogP contribution in [0.25, 0.3) is 0 Å². The number of ether oxygens (including phenoxy) is 1. The summed E-state index contributed by atoms with van der Waals surface area (Å²) in [6.45, 7) is 49.7. The van der Waals surface area contributed by atoms with Crippen LogP contribution in [0.5, 0.6) is 11.5 Å². The molecule has 8 rings (SSSR count). The molecule has 4 aromatic rings. The normalized spacial score (nSPS) is 13.7. The summed E-state index contributed by atoms with van der Waals surface area (Å²) in [5.74, 6) is 8.76. The smallest absolute Gasteiger partial charge is 0.267 e. The summed E-state index contributed by atoms with van der Waals surface area (Å²) < 4.78 is 23.2. The molecule has 0 unspecified atom stereocenters. The molecule has 2 aromatic heterocycles. The van der Waals surface area contributed by atoms with Gasteiger partial charge in [-0.05, 0) is 62.5 Å². The number of hydrazine groups is 1. The van der Waals surface area contributed by atoms with Crippen molar-refractivity contribution in [1.29, 1.82) is 0 Å². The van der Waals surface area contributed by atoms with Crippen LogP contribution in [0.3, 0.4) is 0 Å². The number of aromatic amines is 1. The Hall–Kier alpha value is -7.78. The van der Waals surface area contributed by atoms with Crippen LogP contribution in [0.4, 0.5) is 4.39 Å². The first-order chi connectivity index (χ1) is 34.9. The molecule has 0 fully saturated rings. The van der Waals surface area contributed by atoms with Crippen molar-refractivity contribution in [1.82, 2.24) is 47.6 Å². The molecule has 0 saturated carbocycles. The van der Waals surface area contributed by atoms with E-state index in [1.165, 1.54) is 6.33 Å². The summed E-state index contributed by atoms with van der Waals surface area (Å²) in [5, 5.41) is 32.3. The lowest BCUT2D eigenvalue weighted by molar-refractivity contribution is 0.176. The maximum absolute atomic E-state index is 13.3. The van der Waals surface area contributed by atoms with Gasteiger partial charge in [0.2, 0.25) is 29.0 Å². The molecule has 0 radical (unpaired) electrons. The number of phenolic OH excluding ortho intramolecular Hbond substituents is 1. The number of hydrazone groups is 1. The largest absolute Gasteiger partial charge is 0.505 e. The zero-order valence-electron chi connectivity index (χ0n) is 47.1. The third-order valence-electron chi connectivity index (χ3n) is 9.97. The molecule has 0 saturated heterocycles. The van der Waals surface area contributed by atoms with Crippen LogP contribution in [0, 0.1) is 43.3 Å². The van der Waals surface area contributed by atoms with Crippen LogP contribution < -0.4 is 38.1 Å². The average molecular weight is 1060 g/mol. The van der Waals surface area contributed by atoms with Crippen molar-refractivity contribution in [3.8, 4) is 11.5 Å². The molecule has 8 N–H and O–H groups in total. The van der Waals surface area contributed by atoms with E-state index in [1.54, 1.807) is 32.9 Å². The van der Waals surface area contributed by atoms with Gasteiger partial charge in [0.1, 0.15) is 41.2 Å². The fourth-order valence-electron chi connectivity index (χ4n) is 5.43. The first-order valence-corrected chi connectivity index (χ1v) is 24.6. The molecule has 4 aliphatic heterocycles. The summed E-state index contributed by atoms with van der Waals surface area (Å²) in [6.07, 6.45) is 1.52. The fraction of sp³-hybridized carbons (Fsp3) is 0.500. The number of H-pyrrole nitrogens is 1. The number of nitrogens with one attached hydrogen (secondary N) is 6. The lowest BCUT2D eigenvalue weighted by Crippen LogP contribution is -2.34. The van der Waals surface area contributed by atoms with Crippen molar-refractivity contribution < 1.29 is 33.5 Å². The van der Waals surface area contributed by atoms with E-state index in [0.717, 1.165) is 34.8 Å². The summed E-state index contributed by atoms with van der Waals surface area (Å²) in [5.41, 5.74) is 14.8. The van der Waals surface area contributed by atoms with Crippen molar-refractivity contribution in [3.05, 3.63) is 135 Å². The van der Waals surface area contributed by atoms with Gasteiger partial charge in [-0.15, -0.1) is 5.10 Å². The Morgan fingerprint density at radius 2 is 1.17 bits per heavy atom. The quantitative estimate of drug-likeness (QED) is 0.0762. The van der Waals surface area contributed by atoms with E-state index < -0.39 is 16.7 Å². The van der Waals surface area contributed by atoms with Crippen LogP contribution in [0.2, 0.25) is 0 Å². The number of aromatic hydroxyl groups is 2. The standard InChI is InChI=1S/C10H13FO.C7H11NO.C7H8O3.C6H11N3.3C6H10N2O.C5H9N3.CH4/c1-6(2)8-5-4-7(3)10(12)9(8)11;1-5(2)7-4-6(3)9-8-7;1-3(2)4-5(8)7(10)6(4)9;1-4(2)6-7-5(3)8-9-6;1-4(2)6-8-7-5(3)9-6;2*1-4(2)6-7-5(3)9-8-6;1-4(2)5-6-3-7-8-5;/h4-6,12H,1-3H3;4-5H,1-3H3;3,8H,1-2H3;4,8H,3H2,1-2H3,(H,7,9);4,7H,3H2,1-2H3;2*4H,3H2,1-2H3,(H,7,8);3-4H,1-2H3,(H,6,7,8);1H4. The molecule has 4 aliphatic rings. The fourth-order valence-corrected chi connectivity index (χ4v) is 5.43. The number of amidine groups is 3. The second kappa shape index (κ2) is 33.2. The van der Waals surface area contributed by atoms with Crippen LogP contribution in [0.15, 0.2) is 109 Å². The number of aliphatic imine (C=N–C) groups is 3. The second-order valence-corrected chi connectivity index (χ2v) is 19.5. The molecule has 6 heterocycles. The van der Waals surface area contributed by atoms with Gasteiger partial charge in [-0.25, -0.2) is 30.8 Å². The van der Waals surface area contributed by atoms with E-state index in [-0.39, 0.29) is 36.3 Å². The molecular weight excluding hydrogens is 978 g/mol. The van der Waals surface area contributed by atoms with Gasteiger partial charge < -0.3 is 29.1 Å². The van der Waals surface area contributed by atoms with Gasteiger partial charge in [0.15, 0.2) is 17.3 Å². The van der Waals surface area contributed by atoms with Crippen LogP contribution >= 0.6 is 0 Å². The molecule has 0 spiro atoms. The van der Waals surface area contributed by atoms with Crippen molar-refractivity contribution in [2.45, 2.75) is 156 Å². The Bertz CT molecular complexity index is 2580. The Kier molecular flexibility index (Phi) is 29.8. The minimum absolute atomic E-state index is 0. The Morgan fingerprint density at radius 3 is 1.41 bits per heavy atom. The molecule has 21 nitrogen and oxygen atoms in total. The Morgan fingerprint density at radius 1 is 0.632 bits per heavy atom. The molecule has 0 amide bonds. The number of rotatable bonds is 8. The Balaban J connectivity index is 0.000000846. The van der Waals surface area contributed by atoms with Gasteiger partial charge in [0, 0.05) is 35.7 Å². The monoisotopic (exact) mass is 1060 g/mol. The van der Waals surface area contributed by atoms with Gasteiger partial charge in [-0.2, -0.15) is 15.1 Å². The molecule has 0 bridgehead atoms. The summed E-state index contributed by atoms with van der Waals surface area (Å²) >= 11 is 0. The summed E-state index contributed by atoms with van der Waals surface area (Å²) in [4.78, 5) is 46.6. The SMILES string of the molecule is C.C=C1N=C(C(C)C)NN1.C=C1N=C(C(C)C)NO1.C=C1N=C(C(C)C)NO1.C=C1NN=C(C(C)C)O1.CC(C)c1c(O)c(=O)c1=O.CC(C)c1ncn[nH]1.Cc1cc(C(C)C)no1.Cc1ccc(C(C)C)c(F)c1O. The molecule has 0 aliphatic carbocycles. The van der Waals surface area contributed by atoms with E-state index in [9.17, 15) is 19.1 Å². The second-order valence-electron chi connectivity index (χ2n) is 19.5. The topological polar surface area (TPSA) is 279 Å². The van der Waals surface area contributed by atoms with E-state index in [2.05, 4.69) is 136 Å². The van der Waals surface area contributed by atoms with Gasteiger partial charge in [-0.1, -0.05) is 142 Å². The number of benzene rings is 1. The van der Waals surface area contributed by atoms with Crippen molar-refractivity contribution in [3.63, 3.8) is 0 Å². The minimum atomic E-state index is -0.747. The number of aryl methyl sites for hydroxylation is 2. The number of aromatic nitrogens is 4. The van der Waals surface area contributed by atoms with Crippen LogP contribution in [0.1, 0.15) is 176 Å². The average Bonchev–Trinajstić information content (AvgIpc) is 4.20. The highest BCUT2D eigenvalue weighted by molar-refractivity contribution is 5.86. The third-order valence-corrected chi connectivity index (χ3v) is 9.97. The highest BCUT2D eigenvalue weighted by atomic mass is 19.1. The maximum Gasteiger partial charge on any atom is 0.267 e. The van der Waals surface area contributed by atoms with Crippen molar-refractivity contribution >= 4 is 23.4 Å². The molecule has 22 heteroatoms. The molecule has 422 valence electrons. The number of hydrogen-bond donors (Lipinski definition) is 8. The number of phenols is 1. The predicted molar refractivity (Wildman–Crippen MR) is 301 cm³/mol. The van der Waals surface area contributed by atoms with Crippen LogP contribution in [-0.2, 0) is 14.4 Å². The van der Waals surface area contributed by atoms with Gasteiger partial charge >= 0.3 is 0 Å². The number of halogens is 1. The van der Waals surface area contributed by atoms with E-state index in [0.29, 0.717) is 76.0 Å². The summed E-state index contributed by atoms with van der Waals surface area (Å²) in [7, 11) is 0. The van der Waals surface area contributed by atoms with Gasteiger partial charge in [0.05, 0.1) is 11.3 Å². The van der Waals surface area contributed by atoms with Crippen molar-refractivity contribution in [2.75, 3.05) is 0 Å². The number of hydrogen-bond acceptors (Lipinski definition) is 20. The minimum Gasteiger partial charge on any atom is -0.505 e. The highest BCUT2D eigenvalue weighted by Gasteiger charge is 2.22. The third kappa shape index (κ3) is 23.6. The van der Waals surface area contributed by atoms with Crippen LogP contribution in [-0.4, -0.2) is 54.0 Å². The van der Waals surface area contributed by atoms with E-state index >= 15 is 0 Å². The van der Waals surface area contributed by atoms with E-state index in [4.69, 9.17) is 24.0 Å². The molecular formula is C54H86FN13O8. The van der Waals surface area contributed by atoms with E-state index in [1.807, 2.05) is 68.4 Å². The molecule has 2 aromatic carbocycles. The first-order valence-electron chi connectivity index (χ1n) is 24.6. The highest BCUT2D eigenvalue weighted by Crippen LogP contribution is 2.28. The lowest BCUT2D eigenvalue weighted by atomic mass is 9.98. The molecule has 0 atom stereocenters. The summed E-state index contributed by atoms with van der Waals surface area (Å²) in [6, 6.07) is 5.41. The van der Waals surface area contributed by atoms with Gasteiger partial charge in [-0.3, -0.25) is 25.5 Å². The lowest BCUT2D eigenvalue weighted by Gasteiger charge is -2.09. The Labute approximate surface area is 448 Å². The predicted octanol–water partition coefficient (Wildman–Crippen LogP) is 10.5. The van der Waals surface area contributed by atoms with Gasteiger partial charge in [0.25, 0.3) is 5.43 Å². The first kappa shape index (κ1) is 68.2.